The van der Waals surface area contributed by atoms with E-state index in [1.165, 1.54) is 16.7 Å². The van der Waals surface area contributed by atoms with E-state index in [9.17, 15) is 0 Å². The summed E-state index contributed by atoms with van der Waals surface area (Å²) in [7, 11) is 1.80. The van der Waals surface area contributed by atoms with Gasteiger partial charge in [-0.2, -0.15) is 0 Å². The van der Waals surface area contributed by atoms with E-state index in [2.05, 4.69) is 73.8 Å². The number of benzene rings is 2. The Bertz CT molecular complexity index is 567. The van der Waals surface area contributed by atoms with Crippen LogP contribution in [0.2, 0.25) is 0 Å². The van der Waals surface area contributed by atoms with Crippen LogP contribution < -0.4 is 5.32 Å². The minimum Gasteiger partial charge on any atom is -0.369 e. The molecule has 2 aromatic carbocycles. The molecule has 0 spiro atoms. The summed E-state index contributed by atoms with van der Waals surface area (Å²) >= 11 is 0. The van der Waals surface area contributed by atoms with Gasteiger partial charge in [0.05, 0.1) is 0 Å². The van der Waals surface area contributed by atoms with E-state index in [-0.39, 0.29) is 12.4 Å². The molecular weight excluding hydrogens is 318 g/mol. The highest BCUT2D eigenvalue weighted by Gasteiger charge is 2.33. The lowest BCUT2D eigenvalue weighted by Gasteiger charge is -2.34. The molecule has 3 heteroatoms. The quantitative estimate of drug-likeness (QED) is 0.540. The third-order valence-corrected chi connectivity index (χ3v) is 4.14. The van der Waals surface area contributed by atoms with Gasteiger partial charge in [-0.3, -0.25) is 0 Å². The first-order valence-corrected chi connectivity index (χ1v) is 8.19. The highest BCUT2D eigenvalue weighted by atomic mass is 35.5. The first-order chi connectivity index (χ1) is 11.2. The summed E-state index contributed by atoms with van der Waals surface area (Å²) in [6, 6.07) is 21.0. The second-order valence-corrected chi connectivity index (χ2v) is 6.00. The predicted octanol–water partition coefficient (Wildman–Crippen LogP) is 4.94. The molecule has 0 saturated carbocycles. The van der Waals surface area contributed by atoms with Crippen LogP contribution in [0.1, 0.15) is 31.4 Å². The number of nitrogens with one attached hydrogen (secondary N) is 1. The summed E-state index contributed by atoms with van der Waals surface area (Å²) in [6.45, 7) is 6.03. The summed E-state index contributed by atoms with van der Waals surface area (Å²) in [5.41, 5.74) is 3.30. The Morgan fingerprint density at radius 3 is 1.88 bits per heavy atom. The van der Waals surface area contributed by atoms with Gasteiger partial charge in [0.1, 0.15) is 5.60 Å². The Morgan fingerprint density at radius 1 is 0.958 bits per heavy atom. The molecule has 0 aliphatic heterocycles. The highest BCUT2D eigenvalue weighted by Crippen LogP contribution is 2.36. The van der Waals surface area contributed by atoms with Gasteiger partial charge in [-0.1, -0.05) is 72.3 Å². The summed E-state index contributed by atoms with van der Waals surface area (Å²) < 4.78 is 6.08. The topological polar surface area (TPSA) is 21.3 Å². The van der Waals surface area contributed by atoms with Crippen LogP contribution in [0.15, 0.2) is 72.3 Å². The van der Waals surface area contributed by atoms with Crippen molar-refractivity contribution in [3.8, 4) is 0 Å². The van der Waals surface area contributed by atoms with Gasteiger partial charge in [-0.05, 0) is 37.9 Å². The number of rotatable bonds is 8. The summed E-state index contributed by atoms with van der Waals surface area (Å²) in [4.78, 5) is 0. The lowest BCUT2D eigenvalue weighted by atomic mass is 9.83. The largest absolute Gasteiger partial charge is 0.369 e. The van der Waals surface area contributed by atoms with E-state index in [0.717, 1.165) is 19.5 Å². The van der Waals surface area contributed by atoms with Gasteiger partial charge in [-0.15, -0.1) is 12.4 Å². The number of halogens is 1. The molecule has 0 radical (unpaired) electrons. The van der Waals surface area contributed by atoms with E-state index < -0.39 is 5.60 Å². The van der Waals surface area contributed by atoms with Gasteiger partial charge in [0, 0.05) is 13.7 Å². The van der Waals surface area contributed by atoms with Crippen LogP contribution in [0.3, 0.4) is 0 Å². The Labute approximate surface area is 152 Å². The van der Waals surface area contributed by atoms with E-state index in [1.807, 2.05) is 12.1 Å². The minimum atomic E-state index is -0.416. The van der Waals surface area contributed by atoms with Crippen LogP contribution in [0.25, 0.3) is 0 Å². The third-order valence-electron chi connectivity index (χ3n) is 4.14. The molecule has 24 heavy (non-hydrogen) atoms. The van der Waals surface area contributed by atoms with Crippen molar-refractivity contribution in [1.29, 1.82) is 0 Å². The van der Waals surface area contributed by atoms with Crippen LogP contribution in [-0.2, 0) is 10.3 Å². The average molecular weight is 346 g/mol. The molecule has 0 aliphatic carbocycles. The number of allylic oxidation sites excluding steroid dienone is 1. The molecule has 0 atom stereocenters. The molecule has 130 valence electrons. The van der Waals surface area contributed by atoms with Crippen LogP contribution in [0.4, 0.5) is 0 Å². The molecule has 1 N–H and O–H groups in total. The highest BCUT2D eigenvalue weighted by molar-refractivity contribution is 5.85. The molecule has 0 unspecified atom stereocenters. The fourth-order valence-corrected chi connectivity index (χ4v) is 2.85. The first kappa shape index (κ1) is 20.4. The van der Waals surface area contributed by atoms with Gasteiger partial charge in [-0.25, -0.2) is 0 Å². The van der Waals surface area contributed by atoms with Gasteiger partial charge in [0.25, 0.3) is 0 Å². The maximum atomic E-state index is 6.08. The zero-order valence-electron chi connectivity index (χ0n) is 14.8. The maximum Gasteiger partial charge on any atom is 0.119 e. The number of hydrogen-bond acceptors (Lipinski definition) is 2. The minimum absolute atomic E-state index is 0. The standard InChI is InChI=1S/C21H27NO.ClH/c1-18(2)14-16-22-17-15-21(23-3,19-10-6-4-7-11-19)20-12-8-5-9-13-20;/h4-14,22H,15-17H2,1-3H3;1H. The normalized spacial score (nSPS) is 10.8. The third kappa shape index (κ3) is 5.20. The smallest absolute Gasteiger partial charge is 0.119 e. The molecule has 0 amide bonds. The molecule has 0 saturated heterocycles. The van der Waals surface area contributed by atoms with Gasteiger partial charge >= 0.3 is 0 Å². The van der Waals surface area contributed by atoms with Crippen LogP contribution in [0.5, 0.6) is 0 Å². The van der Waals surface area contributed by atoms with Crippen LogP contribution >= 0.6 is 12.4 Å². The molecule has 2 rings (SSSR count). The van der Waals surface area contributed by atoms with E-state index in [0.29, 0.717) is 0 Å². The van der Waals surface area contributed by atoms with Gasteiger partial charge in [0.15, 0.2) is 0 Å². The van der Waals surface area contributed by atoms with Crippen molar-refractivity contribution in [3.63, 3.8) is 0 Å². The van der Waals surface area contributed by atoms with E-state index >= 15 is 0 Å². The molecule has 0 bridgehead atoms. The van der Waals surface area contributed by atoms with Crippen molar-refractivity contribution in [2.45, 2.75) is 25.9 Å². The zero-order chi connectivity index (χ0) is 16.5. The summed E-state index contributed by atoms with van der Waals surface area (Å²) in [5.74, 6) is 0. The summed E-state index contributed by atoms with van der Waals surface area (Å²) in [5, 5.41) is 3.49. The monoisotopic (exact) mass is 345 g/mol. The van der Waals surface area contributed by atoms with Gasteiger partial charge < -0.3 is 10.1 Å². The molecule has 0 fully saturated rings. The molecule has 0 aromatic heterocycles. The van der Waals surface area contributed by atoms with Crippen molar-refractivity contribution in [3.05, 3.63) is 83.4 Å². The summed E-state index contributed by atoms with van der Waals surface area (Å²) in [6.07, 6.45) is 3.09. The lowest BCUT2D eigenvalue weighted by Crippen LogP contribution is -2.34. The molecule has 0 heterocycles. The van der Waals surface area contributed by atoms with Crippen molar-refractivity contribution >= 4 is 12.4 Å². The second kappa shape index (κ2) is 10.3. The average Bonchev–Trinajstić information content (AvgIpc) is 2.60. The van der Waals surface area contributed by atoms with Gasteiger partial charge in [0.2, 0.25) is 0 Å². The van der Waals surface area contributed by atoms with Crippen molar-refractivity contribution in [2.75, 3.05) is 20.2 Å². The maximum absolute atomic E-state index is 6.08. The molecule has 0 aliphatic rings. The zero-order valence-corrected chi connectivity index (χ0v) is 15.6. The number of methoxy groups -OCH3 is 1. The Morgan fingerprint density at radius 2 is 1.46 bits per heavy atom. The van der Waals surface area contributed by atoms with Crippen molar-refractivity contribution < 1.29 is 4.74 Å². The second-order valence-electron chi connectivity index (χ2n) is 6.00. The first-order valence-electron chi connectivity index (χ1n) is 8.19. The molecule has 2 nitrogen and oxygen atoms in total. The fraction of sp³-hybridized carbons (Fsp3) is 0.333. The number of ether oxygens (including phenoxy) is 1. The molecule has 2 aromatic rings. The Kier molecular flexibility index (Phi) is 8.77. The Hall–Kier alpha value is -1.61. The predicted molar refractivity (Wildman–Crippen MR) is 105 cm³/mol. The van der Waals surface area contributed by atoms with E-state index in [1.54, 1.807) is 7.11 Å². The fourth-order valence-electron chi connectivity index (χ4n) is 2.85. The van der Waals surface area contributed by atoms with Crippen LogP contribution in [-0.4, -0.2) is 20.2 Å². The van der Waals surface area contributed by atoms with E-state index in [4.69, 9.17) is 4.74 Å². The lowest BCUT2D eigenvalue weighted by molar-refractivity contribution is 0.0149. The van der Waals surface area contributed by atoms with Crippen molar-refractivity contribution in [2.24, 2.45) is 0 Å². The van der Waals surface area contributed by atoms with Crippen LogP contribution in [0, 0.1) is 0 Å². The SMILES string of the molecule is COC(CCNCC=C(C)C)(c1ccccc1)c1ccccc1.Cl. The molecular formula is C21H28ClNO. The van der Waals surface area contributed by atoms with Crippen molar-refractivity contribution in [1.82, 2.24) is 5.32 Å². The Balaban J connectivity index is 0.00000288. The number of hydrogen-bond donors (Lipinski definition) is 1.